The van der Waals surface area contributed by atoms with Gasteiger partial charge in [-0.3, -0.25) is 14.5 Å². The van der Waals surface area contributed by atoms with Gasteiger partial charge in [0.2, 0.25) is 0 Å². The van der Waals surface area contributed by atoms with Crippen molar-refractivity contribution in [3.8, 4) is 11.3 Å². The fourth-order valence-electron chi connectivity index (χ4n) is 4.25. The number of benzene rings is 1. The molecule has 1 N–H and O–H groups in total. The Bertz CT molecular complexity index is 814. The average molecular weight is 352 g/mol. The van der Waals surface area contributed by atoms with Crippen LogP contribution in [0.4, 0.5) is 0 Å². The summed E-state index contributed by atoms with van der Waals surface area (Å²) < 4.78 is 5.78. The third kappa shape index (κ3) is 3.07. The van der Waals surface area contributed by atoms with E-state index in [1.165, 1.54) is 0 Å². The first-order valence-electron chi connectivity index (χ1n) is 9.29. The zero-order chi connectivity index (χ0) is 18.3. The summed E-state index contributed by atoms with van der Waals surface area (Å²) in [5, 5.41) is 3.19. The van der Waals surface area contributed by atoms with Gasteiger partial charge in [-0.2, -0.15) is 0 Å². The minimum atomic E-state index is -0.151. The largest absolute Gasteiger partial charge is 0.451 e. The van der Waals surface area contributed by atoms with E-state index in [-0.39, 0.29) is 17.7 Å². The van der Waals surface area contributed by atoms with Crippen LogP contribution in [0.25, 0.3) is 11.3 Å². The van der Waals surface area contributed by atoms with E-state index >= 15 is 0 Å². The summed E-state index contributed by atoms with van der Waals surface area (Å²) in [7, 11) is 0. The van der Waals surface area contributed by atoms with Crippen molar-refractivity contribution in [2.24, 2.45) is 5.92 Å². The van der Waals surface area contributed by atoms with Gasteiger partial charge in [-0.25, -0.2) is 0 Å². The number of carbonyl (C=O) groups excluding carboxylic acids is 2. The van der Waals surface area contributed by atoms with Gasteiger partial charge >= 0.3 is 0 Å². The molecule has 5 nitrogen and oxygen atoms in total. The third-order valence-electron chi connectivity index (χ3n) is 5.88. The maximum Gasteiger partial charge on any atom is 0.287 e. The van der Waals surface area contributed by atoms with Crippen LogP contribution in [0.3, 0.4) is 0 Å². The van der Waals surface area contributed by atoms with Crippen LogP contribution in [-0.2, 0) is 0 Å². The van der Waals surface area contributed by atoms with Gasteiger partial charge in [-0.15, -0.1) is 0 Å². The SMILES string of the molecule is CC(=O)c1ccc(-c2ccc(C(=O)N[C@@H]3C4CCN(CC4)[C@@H]3C)o2)cc1. The van der Waals surface area contributed by atoms with E-state index in [2.05, 4.69) is 17.1 Å². The molecule has 0 aliphatic carbocycles. The number of nitrogens with zero attached hydrogens (tertiary/aromatic N) is 1. The Balaban J connectivity index is 1.47. The molecule has 136 valence electrons. The lowest BCUT2D eigenvalue weighted by Crippen LogP contribution is -2.62. The van der Waals surface area contributed by atoms with E-state index in [0.717, 1.165) is 31.5 Å². The second-order valence-corrected chi connectivity index (χ2v) is 7.41. The molecule has 0 spiro atoms. The van der Waals surface area contributed by atoms with Crippen molar-refractivity contribution in [3.63, 3.8) is 0 Å². The summed E-state index contributed by atoms with van der Waals surface area (Å²) in [6, 6.07) is 11.3. The quantitative estimate of drug-likeness (QED) is 0.857. The molecular weight excluding hydrogens is 328 g/mol. The second kappa shape index (κ2) is 6.72. The summed E-state index contributed by atoms with van der Waals surface area (Å²) in [6.07, 6.45) is 2.31. The Labute approximate surface area is 153 Å². The smallest absolute Gasteiger partial charge is 0.287 e. The fourth-order valence-corrected chi connectivity index (χ4v) is 4.25. The summed E-state index contributed by atoms with van der Waals surface area (Å²) >= 11 is 0. The molecule has 3 fully saturated rings. The number of Topliss-reactive ketones (excluding diaryl/α,β-unsaturated/α-hetero) is 1. The van der Waals surface area contributed by atoms with Crippen molar-refractivity contribution in [3.05, 3.63) is 47.7 Å². The molecular formula is C21H24N2O3. The van der Waals surface area contributed by atoms with Crippen LogP contribution < -0.4 is 5.32 Å². The first kappa shape index (κ1) is 17.0. The van der Waals surface area contributed by atoms with Crippen molar-refractivity contribution >= 4 is 11.7 Å². The summed E-state index contributed by atoms with van der Waals surface area (Å²) in [5.41, 5.74) is 1.51. The van der Waals surface area contributed by atoms with Crippen molar-refractivity contribution in [2.75, 3.05) is 13.1 Å². The van der Waals surface area contributed by atoms with E-state index in [0.29, 0.717) is 29.0 Å². The number of rotatable bonds is 4. The number of fused-ring (bicyclic) bond motifs is 3. The minimum absolute atomic E-state index is 0.0303. The van der Waals surface area contributed by atoms with Gasteiger partial charge in [0.1, 0.15) is 5.76 Å². The van der Waals surface area contributed by atoms with Gasteiger partial charge in [0.15, 0.2) is 11.5 Å². The molecule has 0 saturated carbocycles. The molecule has 0 radical (unpaired) electrons. The predicted octanol–water partition coefficient (Wildman–Crippen LogP) is 3.36. The standard InChI is InChI=1S/C21H24N2O3/c1-13-20(17-9-11-23(13)12-10-17)22-21(25)19-8-7-18(26-19)16-5-3-15(4-6-16)14(2)24/h3-8,13,17,20H,9-12H2,1-2H3,(H,22,25)/t13-,20+/m1/s1. The maximum absolute atomic E-state index is 12.7. The van der Waals surface area contributed by atoms with Crippen molar-refractivity contribution in [1.29, 1.82) is 0 Å². The molecule has 26 heavy (non-hydrogen) atoms. The zero-order valence-corrected chi connectivity index (χ0v) is 15.2. The highest BCUT2D eigenvalue weighted by molar-refractivity contribution is 5.94. The number of nitrogens with one attached hydrogen (secondary N) is 1. The third-order valence-corrected chi connectivity index (χ3v) is 5.88. The first-order chi connectivity index (χ1) is 12.5. The molecule has 3 saturated heterocycles. The first-order valence-corrected chi connectivity index (χ1v) is 9.29. The Hall–Kier alpha value is -2.40. The monoisotopic (exact) mass is 352 g/mol. The molecule has 1 aromatic heterocycles. The van der Waals surface area contributed by atoms with Crippen LogP contribution in [0.1, 0.15) is 47.6 Å². The van der Waals surface area contributed by atoms with Gasteiger partial charge in [-0.05, 0) is 57.8 Å². The Kier molecular flexibility index (Phi) is 4.41. The average Bonchev–Trinajstić information content (AvgIpc) is 3.15. The molecule has 0 unspecified atom stereocenters. The minimum Gasteiger partial charge on any atom is -0.451 e. The molecule has 2 bridgehead atoms. The molecule has 1 aromatic carbocycles. The lowest BCUT2D eigenvalue weighted by atomic mass is 9.79. The van der Waals surface area contributed by atoms with Gasteiger partial charge in [-0.1, -0.05) is 24.3 Å². The van der Waals surface area contributed by atoms with Gasteiger partial charge in [0.25, 0.3) is 5.91 Å². The van der Waals surface area contributed by atoms with Gasteiger partial charge in [0.05, 0.1) is 0 Å². The maximum atomic E-state index is 12.7. The lowest BCUT2D eigenvalue weighted by molar-refractivity contribution is 0.0211. The second-order valence-electron chi connectivity index (χ2n) is 7.41. The predicted molar refractivity (Wildman–Crippen MR) is 99.2 cm³/mol. The number of amides is 1. The Morgan fingerprint density at radius 1 is 1.08 bits per heavy atom. The highest BCUT2D eigenvalue weighted by atomic mass is 16.3. The van der Waals surface area contributed by atoms with E-state index in [4.69, 9.17) is 4.42 Å². The fraction of sp³-hybridized carbons (Fsp3) is 0.429. The van der Waals surface area contributed by atoms with Crippen LogP contribution in [0.15, 0.2) is 40.8 Å². The van der Waals surface area contributed by atoms with Crippen LogP contribution >= 0.6 is 0 Å². The zero-order valence-electron chi connectivity index (χ0n) is 15.2. The van der Waals surface area contributed by atoms with Gasteiger partial charge < -0.3 is 9.73 Å². The molecule has 2 atom stereocenters. The molecule has 4 heterocycles. The number of furan rings is 1. The number of hydrogen-bond acceptors (Lipinski definition) is 4. The normalized spacial score (nSPS) is 27.3. The topological polar surface area (TPSA) is 62.6 Å². The van der Waals surface area contributed by atoms with Crippen LogP contribution in [-0.4, -0.2) is 41.8 Å². The van der Waals surface area contributed by atoms with Crippen molar-refractivity contribution in [2.45, 2.75) is 38.8 Å². The van der Waals surface area contributed by atoms with Crippen molar-refractivity contribution in [1.82, 2.24) is 10.2 Å². The molecule has 1 amide bonds. The highest BCUT2D eigenvalue weighted by Gasteiger charge is 2.40. The van der Waals surface area contributed by atoms with E-state index in [1.807, 2.05) is 12.1 Å². The highest BCUT2D eigenvalue weighted by Crippen LogP contribution is 2.32. The number of hydrogen-bond donors (Lipinski definition) is 1. The summed E-state index contributed by atoms with van der Waals surface area (Å²) in [6.45, 7) is 6.01. The van der Waals surface area contributed by atoms with Crippen LogP contribution in [0.5, 0.6) is 0 Å². The molecule has 2 aromatic rings. The number of piperidine rings is 3. The Morgan fingerprint density at radius 2 is 1.77 bits per heavy atom. The number of carbonyl (C=O) groups is 2. The van der Waals surface area contributed by atoms with Crippen LogP contribution in [0.2, 0.25) is 0 Å². The lowest BCUT2D eigenvalue weighted by Gasteiger charge is -2.49. The van der Waals surface area contributed by atoms with E-state index in [9.17, 15) is 9.59 Å². The van der Waals surface area contributed by atoms with Crippen LogP contribution in [0, 0.1) is 5.92 Å². The van der Waals surface area contributed by atoms with Gasteiger partial charge in [0, 0.05) is 23.2 Å². The summed E-state index contributed by atoms with van der Waals surface area (Å²) in [5.74, 6) is 1.41. The van der Waals surface area contributed by atoms with Crippen molar-refractivity contribution < 1.29 is 14.0 Å². The summed E-state index contributed by atoms with van der Waals surface area (Å²) in [4.78, 5) is 26.5. The molecule has 5 heteroatoms. The molecule has 3 aliphatic heterocycles. The number of ketones is 1. The van der Waals surface area contributed by atoms with E-state index < -0.39 is 0 Å². The molecule has 3 aliphatic rings. The molecule has 5 rings (SSSR count). The van der Waals surface area contributed by atoms with E-state index in [1.54, 1.807) is 31.2 Å². The Morgan fingerprint density at radius 3 is 2.38 bits per heavy atom.